The number of nitrogens with one attached hydrogen (secondary N) is 1. The third-order valence-corrected chi connectivity index (χ3v) is 3.32. The normalized spacial score (nSPS) is 22.6. The first-order valence-corrected chi connectivity index (χ1v) is 5.65. The highest BCUT2D eigenvalue weighted by Gasteiger charge is 2.39. The Balaban J connectivity index is 2.64. The van der Waals surface area contributed by atoms with Gasteiger partial charge in [0.25, 0.3) is 0 Å². The third-order valence-electron chi connectivity index (χ3n) is 3.32. The van der Waals surface area contributed by atoms with Crippen molar-refractivity contribution in [2.75, 3.05) is 13.2 Å². The smallest absolute Gasteiger partial charge is 0.240 e. The molecule has 1 amide bonds. The minimum atomic E-state index is -0.857. The lowest BCUT2D eigenvalue weighted by atomic mass is 9.88. The lowest BCUT2D eigenvalue weighted by Crippen LogP contribution is -2.63. The van der Waals surface area contributed by atoms with Crippen LogP contribution in [0, 0.1) is 0 Å². The summed E-state index contributed by atoms with van der Waals surface area (Å²) in [6.07, 6.45) is 0.420. The number of ether oxygens (including phenoxy) is 1. The topological polar surface area (TPSA) is 84.6 Å². The van der Waals surface area contributed by atoms with Crippen LogP contribution in [0.3, 0.4) is 0 Å². The van der Waals surface area contributed by atoms with Crippen LogP contribution in [0.15, 0.2) is 0 Å². The molecule has 0 radical (unpaired) electrons. The van der Waals surface area contributed by atoms with Gasteiger partial charge in [-0.25, -0.2) is 0 Å². The first kappa shape index (κ1) is 13.4. The van der Waals surface area contributed by atoms with E-state index in [0.29, 0.717) is 26.1 Å². The molecule has 0 bridgehead atoms. The number of hydrogen-bond acceptors (Lipinski definition) is 4. The number of carbonyl (C=O) groups is 1. The monoisotopic (exact) mass is 230 g/mol. The minimum absolute atomic E-state index is 0.207. The van der Waals surface area contributed by atoms with E-state index >= 15 is 0 Å². The zero-order valence-corrected chi connectivity index (χ0v) is 10.2. The number of carbonyl (C=O) groups excluding carboxylic acids is 1. The van der Waals surface area contributed by atoms with Gasteiger partial charge in [0.05, 0.1) is 17.2 Å². The minimum Gasteiger partial charge on any atom is -0.391 e. The second kappa shape index (κ2) is 4.69. The molecule has 0 spiro atoms. The molecule has 5 nitrogen and oxygen atoms in total. The average Bonchev–Trinajstić information content (AvgIpc) is 2.18. The van der Waals surface area contributed by atoms with Gasteiger partial charge in [-0.15, -0.1) is 0 Å². The Morgan fingerprint density at radius 1 is 1.50 bits per heavy atom. The Labute approximate surface area is 96.3 Å². The van der Waals surface area contributed by atoms with Crippen LogP contribution in [-0.2, 0) is 9.53 Å². The van der Waals surface area contributed by atoms with E-state index in [4.69, 9.17) is 10.5 Å². The lowest BCUT2D eigenvalue weighted by molar-refractivity contribution is -0.132. The number of hydrogen-bond donors (Lipinski definition) is 3. The molecule has 0 aromatic carbocycles. The fourth-order valence-corrected chi connectivity index (χ4v) is 1.48. The van der Waals surface area contributed by atoms with E-state index < -0.39 is 17.2 Å². The first-order valence-electron chi connectivity index (χ1n) is 5.65. The summed E-state index contributed by atoms with van der Waals surface area (Å²) in [4.78, 5) is 12.0. The van der Waals surface area contributed by atoms with Crippen LogP contribution < -0.4 is 11.1 Å². The van der Waals surface area contributed by atoms with Gasteiger partial charge in [0.2, 0.25) is 5.91 Å². The van der Waals surface area contributed by atoms with Crippen molar-refractivity contribution in [1.29, 1.82) is 0 Å². The number of nitrogens with two attached hydrogens (primary N) is 1. The molecule has 1 aliphatic rings. The number of aliphatic hydroxyl groups excluding tert-OH is 1. The fourth-order valence-electron chi connectivity index (χ4n) is 1.48. The quantitative estimate of drug-likeness (QED) is 0.625. The van der Waals surface area contributed by atoms with E-state index in [-0.39, 0.29) is 5.91 Å². The molecule has 0 aromatic rings. The molecular formula is C11H22N2O3. The van der Waals surface area contributed by atoms with E-state index in [1.165, 1.54) is 0 Å². The number of aliphatic hydroxyl groups is 1. The summed E-state index contributed by atoms with van der Waals surface area (Å²) in [5.74, 6) is -0.207. The fraction of sp³-hybridized carbons (Fsp3) is 0.909. The molecule has 1 saturated heterocycles. The highest BCUT2D eigenvalue weighted by molar-refractivity contribution is 5.86. The summed E-state index contributed by atoms with van der Waals surface area (Å²) in [6, 6.07) is 0. The van der Waals surface area contributed by atoms with Gasteiger partial charge in [-0.2, -0.15) is 0 Å². The Kier molecular flexibility index (Phi) is 3.93. The van der Waals surface area contributed by atoms with Gasteiger partial charge in [-0.05, 0) is 33.6 Å². The van der Waals surface area contributed by atoms with Crippen molar-refractivity contribution in [3.8, 4) is 0 Å². The Bertz CT molecular complexity index is 258. The molecule has 1 unspecified atom stereocenters. The predicted octanol–water partition coefficient (Wildman–Crippen LogP) is -0.230. The lowest BCUT2D eigenvalue weighted by Gasteiger charge is -2.37. The largest absolute Gasteiger partial charge is 0.391 e. The van der Waals surface area contributed by atoms with Crippen LogP contribution in [0.2, 0.25) is 0 Å². The van der Waals surface area contributed by atoms with Crippen LogP contribution in [0.4, 0.5) is 0 Å². The van der Waals surface area contributed by atoms with Gasteiger partial charge < -0.3 is 20.9 Å². The van der Waals surface area contributed by atoms with Gasteiger partial charge in [0.1, 0.15) is 0 Å². The molecule has 5 heteroatoms. The molecular weight excluding hydrogens is 208 g/mol. The maximum atomic E-state index is 12.0. The second-order valence-corrected chi connectivity index (χ2v) is 5.12. The number of rotatable bonds is 3. The SMILES string of the molecule is CC(O)C(C)(C)NC(=O)C1(N)CCOCC1. The molecule has 1 atom stereocenters. The zero-order chi connectivity index (χ0) is 12.4. The molecule has 0 aromatic heterocycles. The third kappa shape index (κ3) is 2.93. The summed E-state index contributed by atoms with van der Waals surface area (Å²) >= 11 is 0. The van der Waals surface area contributed by atoms with Gasteiger partial charge in [0.15, 0.2) is 0 Å². The maximum Gasteiger partial charge on any atom is 0.240 e. The summed E-state index contributed by atoms with van der Waals surface area (Å²) in [5.41, 5.74) is 4.51. The van der Waals surface area contributed by atoms with Gasteiger partial charge >= 0.3 is 0 Å². The van der Waals surface area contributed by atoms with E-state index in [0.717, 1.165) is 0 Å². The predicted molar refractivity (Wildman–Crippen MR) is 60.9 cm³/mol. The van der Waals surface area contributed by atoms with Crippen molar-refractivity contribution >= 4 is 5.91 Å². The zero-order valence-electron chi connectivity index (χ0n) is 10.2. The van der Waals surface area contributed by atoms with E-state index in [1.54, 1.807) is 20.8 Å². The van der Waals surface area contributed by atoms with Crippen molar-refractivity contribution in [3.63, 3.8) is 0 Å². The van der Waals surface area contributed by atoms with E-state index in [2.05, 4.69) is 5.32 Å². The van der Waals surface area contributed by atoms with Crippen molar-refractivity contribution in [2.24, 2.45) is 5.73 Å². The van der Waals surface area contributed by atoms with Crippen molar-refractivity contribution in [1.82, 2.24) is 5.32 Å². The van der Waals surface area contributed by atoms with E-state index in [9.17, 15) is 9.90 Å². The molecule has 0 saturated carbocycles. The molecule has 1 fully saturated rings. The molecule has 4 N–H and O–H groups in total. The van der Waals surface area contributed by atoms with Crippen LogP contribution in [0.1, 0.15) is 33.6 Å². The average molecular weight is 230 g/mol. The van der Waals surface area contributed by atoms with Gasteiger partial charge in [-0.1, -0.05) is 0 Å². The Morgan fingerprint density at radius 2 is 2.00 bits per heavy atom. The summed E-state index contributed by atoms with van der Waals surface area (Å²) < 4.78 is 5.18. The van der Waals surface area contributed by atoms with Gasteiger partial charge in [0, 0.05) is 13.2 Å². The molecule has 16 heavy (non-hydrogen) atoms. The highest BCUT2D eigenvalue weighted by atomic mass is 16.5. The molecule has 94 valence electrons. The summed E-state index contributed by atoms with van der Waals surface area (Å²) in [7, 11) is 0. The molecule has 0 aliphatic carbocycles. The van der Waals surface area contributed by atoms with Crippen LogP contribution in [0.5, 0.6) is 0 Å². The summed E-state index contributed by atoms with van der Waals surface area (Å²) in [6.45, 7) is 6.22. The van der Waals surface area contributed by atoms with Crippen molar-refractivity contribution < 1.29 is 14.6 Å². The van der Waals surface area contributed by atoms with Crippen LogP contribution in [0.25, 0.3) is 0 Å². The van der Waals surface area contributed by atoms with E-state index in [1.807, 2.05) is 0 Å². The molecule has 1 heterocycles. The van der Waals surface area contributed by atoms with Crippen molar-refractivity contribution in [3.05, 3.63) is 0 Å². The summed E-state index contributed by atoms with van der Waals surface area (Å²) in [5, 5.41) is 12.3. The Hall–Kier alpha value is -0.650. The van der Waals surface area contributed by atoms with Crippen LogP contribution >= 0.6 is 0 Å². The molecule has 1 aliphatic heterocycles. The van der Waals surface area contributed by atoms with Gasteiger partial charge in [-0.3, -0.25) is 4.79 Å². The first-order chi connectivity index (χ1) is 7.28. The molecule has 1 rings (SSSR count). The number of amides is 1. The standard InChI is InChI=1S/C11H22N2O3/c1-8(14)10(2,3)13-9(15)11(12)4-6-16-7-5-11/h8,14H,4-7,12H2,1-3H3,(H,13,15). The highest BCUT2D eigenvalue weighted by Crippen LogP contribution is 2.19. The van der Waals surface area contributed by atoms with Crippen molar-refractivity contribution in [2.45, 2.75) is 50.8 Å². The second-order valence-electron chi connectivity index (χ2n) is 5.12. The van der Waals surface area contributed by atoms with Crippen LogP contribution in [-0.4, -0.2) is 41.4 Å². The Morgan fingerprint density at radius 3 is 2.44 bits per heavy atom. The maximum absolute atomic E-state index is 12.0.